The van der Waals surface area contributed by atoms with E-state index < -0.39 is 5.76 Å². The largest absolute Gasteiger partial charge is 0.419 e. The fourth-order valence-corrected chi connectivity index (χ4v) is 3.86. The van der Waals surface area contributed by atoms with Crippen molar-refractivity contribution >= 4 is 22.8 Å². The topological polar surface area (TPSA) is 80.0 Å². The van der Waals surface area contributed by atoms with Crippen LogP contribution in [0.2, 0.25) is 0 Å². The lowest BCUT2D eigenvalue weighted by Gasteiger charge is -2.27. The Bertz CT molecular complexity index is 868. The second kappa shape index (κ2) is 7.74. The molecule has 3 heterocycles. The molecule has 0 saturated carbocycles. The number of carbonyl (C=O) groups excluding carboxylic acids is 1. The number of fused-ring (bicyclic) bond motifs is 1. The number of amides is 2. The van der Waals surface area contributed by atoms with E-state index in [0.717, 1.165) is 26.1 Å². The standard InChI is InChI=1S/C19H26N4O4/c1-21-16-6-5-14(11-17(16)27-19(21)25)20-18(24)23-9-4-10-26-15(13-23)12-22-7-2-3-8-22/h5-6,11,15H,2-4,7-10,12-13H2,1H3,(H,20,24)/t15-/m0/s1. The van der Waals surface area contributed by atoms with Gasteiger partial charge in [-0.3, -0.25) is 4.57 Å². The summed E-state index contributed by atoms with van der Waals surface area (Å²) in [6, 6.07) is 5.09. The van der Waals surface area contributed by atoms with Gasteiger partial charge in [0.15, 0.2) is 5.58 Å². The highest BCUT2D eigenvalue weighted by atomic mass is 16.5. The first-order chi connectivity index (χ1) is 13.1. The maximum Gasteiger partial charge on any atom is 0.419 e. The summed E-state index contributed by atoms with van der Waals surface area (Å²) in [5.41, 5.74) is 1.78. The maximum absolute atomic E-state index is 12.8. The molecular formula is C19H26N4O4. The van der Waals surface area contributed by atoms with Crippen molar-refractivity contribution < 1.29 is 13.9 Å². The second-order valence-electron chi connectivity index (χ2n) is 7.34. The molecule has 8 nitrogen and oxygen atoms in total. The second-order valence-corrected chi connectivity index (χ2v) is 7.34. The molecule has 0 unspecified atom stereocenters. The van der Waals surface area contributed by atoms with Crippen molar-refractivity contribution in [1.82, 2.24) is 14.4 Å². The number of aryl methyl sites for hydroxylation is 1. The molecule has 1 atom stereocenters. The molecule has 2 aromatic rings. The predicted octanol–water partition coefficient (Wildman–Crippen LogP) is 1.85. The molecule has 0 aliphatic carbocycles. The van der Waals surface area contributed by atoms with E-state index in [0.29, 0.717) is 36.5 Å². The Morgan fingerprint density at radius 2 is 2.04 bits per heavy atom. The Labute approximate surface area is 157 Å². The zero-order valence-electron chi connectivity index (χ0n) is 15.6. The van der Waals surface area contributed by atoms with Gasteiger partial charge in [-0.15, -0.1) is 0 Å². The number of carbonyl (C=O) groups is 1. The van der Waals surface area contributed by atoms with E-state index >= 15 is 0 Å². The molecule has 1 aromatic carbocycles. The van der Waals surface area contributed by atoms with E-state index in [2.05, 4.69) is 10.2 Å². The van der Waals surface area contributed by atoms with Crippen molar-refractivity contribution in [1.29, 1.82) is 0 Å². The van der Waals surface area contributed by atoms with Crippen LogP contribution < -0.4 is 11.1 Å². The van der Waals surface area contributed by atoms with Gasteiger partial charge < -0.3 is 24.3 Å². The lowest BCUT2D eigenvalue weighted by Crippen LogP contribution is -2.43. The number of nitrogens with zero attached hydrogens (tertiary/aromatic N) is 3. The summed E-state index contributed by atoms with van der Waals surface area (Å²) in [7, 11) is 1.66. The summed E-state index contributed by atoms with van der Waals surface area (Å²) < 4.78 is 12.6. The minimum Gasteiger partial charge on any atom is -0.408 e. The molecule has 2 aliphatic rings. The van der Waals surface area contributed by atoms with Crippen LogP contribution in [0.4, 0.5) is 10.5 Å². The fourth-order valence-electron chi connectivity index (χ4n) is 3.86. The minimum absolute atomic E-state index is 0.0472. The molecule has 2 saturated heterocycles. The van der Waals surface area contributed by atoms with Crippen molar-refractivity contribution in [3.63, 3.8) is 0 Å². The van der Waals surface area contributed by atoms with Crippen LogP contribution in [0.15, 0.2) is 27.4 Å². The summed E-state index contributed by atoms with van der Waals surface area (Å²) in [5.74, 6) is -0.414. The number of oxazole rings is 1. The van der Waals surface area contributed by atoms with Crippen LogP contribution in [0.25, 0.3) is 11.1 Å². The quantitative estimate of drug-likeness (QED) is 0.887. The van der Waals surface area contributed by atoms with Crippen molar-refractivity contribution in [2.24, 2.45) is 7.05 Å². The first-order valence-electron chi connectivity index (χ1n) is 9.59. The van der Waals surface area contributed by atoms with E-state index in [-0.39, 0.29) is 12.1 Å². The van der Waals surface area contributed by atoms with Gasteiger partial charge in [-0.1, -0.05) is 0 Å². The zero-order chi connectivity index (χ0) is 18.8. The highest BCUT2D eigenvalue weighted by Crippen LogP contribution is 2.19. The number of anilines is 1. The van der Waals surface area contributed by atoms with Crippen molar-refractivity contribution in [2.75, 3.05) is 44.6 Å². The van der Waals surface area contributed by atoms with Gasteiger partial charge in [0, 0.05) is 45.0 Å². The van der Waals surface area contributed by atoms with Crippen LogP contribution in [0.5, 0.6) is 0 Å². The van der Waals surface area contributed by atoms with Crippen LogP contribution in [0.3, 0.4) is 0 Å². The molecule has 0 radical (unpaired) electrons. The van der Waals surface area contributed by atoms with Crippen LogP contribution in [-0.2, 0) is 11.8 Å². The van der Waals surface area contributed by atoms with Gasteiger partial charge in [-0.05, 0) is 44.5 Å². The molecule has 2 aliphatic heterocycles. The molecule has 1 aromatic heterocycles. The van der Waals surface area contributed by atoms with E-state index in [9.17, 15) is 9.59 Å². The van der Waals surface area contributed by atoms with E-state index in [4.69, 9.17) is 9.15 Å². The summed E-state index contributed by atoms with van der Waals surface area (Å²) in [5, 5.41) is 2.92. The normalized spacial score (nSPS) is 21.5. The summed E-state index contributed by atoms with van der Waals surface area (Å²) in [4.78, 5) is 28.6. The van der Waals surface area contributed by atoms with E-state index in [1.165, 1.54) is 17.4 Å². The van der Waals surface area contributed by atoms with Crippen molar-refractivity contribution in [3.8, 4) is 0 Å². The molecule has 2 amide bonds. The third kappa shape index (κ3) is 4.01. The number of likely N-dealkylation sites (tertiary alicyclic amines) is 1. The molecule has 4 rings (SSSR count). The lowest BCUT2D eigenvalue weighted by molar-refractivity contribution is 0.0355. The highest BCUT2D eigenvalue weighted by Gasteiger charge is 2.25. The Hall–Kier alpha value is -2.32. The number of urea groups is 1. The lowest BCUT2D eigenvalue weighted by atomic mass is 10.2. The number of ether oxygens (including phenoxy) is 1. The van der Waals surface area contributed by atoms with Gasteiger partial charge >= 0.3 is 11.8 Å². The van der Waals surface area contributed by atoms with Gasteiger partial charge in [0.2, 0.25) is 0 Å². The zero-order valence-corrected chi connectivity index (χ0v) is 15.6. The van der Waals surface area contributed by atoms with Gasteiger partial charge in [0.25, 0.3) is 0 Å². The minimum atomic E-state index is -0.414. The van der Waals surface area contributed by atoms with Gasteiger partial charge in [0.1, 0.15) is 0 Å². The fraction of sp³-hybridized carbons (Fsp3) is 0.579. The molecule has 8 heteroatoms. The van der Waals surface area contributed by atoms with Crippen LogP contribution in [0.1, 0.15) is 19.3 Å². The van der Waals surface area contributed by atoms with Gasteiger partial charge in [0.05, 0.1) is 11.6 Å². The molecule has 27 heavy (non-hydrogen) atoms. The maximum atomic E-state index is 12.8. The van der Waals surface area contributed by atoms with Crippen LogP contribution in [-0.4, -0.2) is 65.8 Å². The first kappa shape index (κ1) is 18.1. The summed E-state index contributed by atoms with van der Waals surface area (Å²) in [6.45, 7) is 5.06. The van der Waals surface area contributed by atoms with Crippen LogP contribution in [0, 0.1) is 0 Å². The number of hydrogen-bond acceptors (Lipinski definition) is 5. The summed E-state index contributed by atoms with van der Waals surface area (Å²) in [6.07, 6.45) is 3.37. The number of rotatable bonds is 3. The SMILES string of the molecule is Cn1c(=O)oc2cc(NC(=O)N3CCCO[C@@H](CN4CCCC4)C3)ccc21. The number of nitrogens with one attached hydrogen (secondary N) is 1. The van der Waals surface area contributed by atoms with Gasteiger partial charge in [-0.25, -0.2) is 9.59 Å². The monoisotopic (exact) mass is 374 g/mol. The molecule has 0 spiro atoms. The third-order valence-corrected chi connectivity index (χ3v) is 5.34. The average molecular weight is 374 g/mol. The molecule has 2 fully saturated rings. The van der Waals surface area contributed by atoms with E-state index in [1.54, 1.807) is 25.2 Å². The van der Waals surface area contributed by atoms with Crippen molar-refractivity contribution in [3.05, 3.63) is 28.7 Å². The number of hydrogen-bond donors (Lipinski definition) is 1. The Kier molecular flexibility index (Phi) is 5.18. The van der Waals surface area contributed by atoms with Crippen molar-refractivity contribution in [2.45, 2.75) is 25.4 Å². The average Bonchev–Trinajstić information content (AvgIpc) is 3.17. The Morgan fingerprint density at radius 1 is 1.22 bits per heavy atom. The Balaban J connectivity index is 1.42. The third-order valence-electron chi connectivity index (χ3n) is 5.34. The first-order valence-corrected chi connectivity index (χ1v) is 9.59. The molecular weight excluding hydrogens is 348 g/mol. The number of aromatic nitrogens is 1. The molecule has 1 N–H and O–H groups in total. The van der Waals surface area contributed by atoms with Crippen LogP contribution >= 0.6 is 0 Å². The molecule has 0 bridgehead atoms. The smallest absolute Gasteiger partial charge is 0.408 e. The summed E-state index contributed by atoms with van der Waals surface area (Å²) >= 11 is 0. The van der Waals surface area contributed by atoms with Gasteiger partial charge in [-0.2, -0.15) is 0 Å². The Morgan fingerprint density at radius 3 is 2.85 bits per heavy atom. The highest BCUT2D eigenvalue weighted by molar-refractivity contribution is 5.91. The van der Waals surface area contributed by atoms with E-state index in [1.807, 2.05) is 4.90 Å². The predicted molar refractivity (Wildman–Crippen MR) is 102 cm³/mol. The number of benzene rings is 1. The molecule has 146 valence electrons.